The molecule has 0 aromatic heterocycles. The second-order valence-electron chi connectivity index (χ2n) is 6.52. The Bertz CT molecular complexity index is 800. The molecule has 0 saturated carbocycles. The third-order valence-corrected chi connectivity index (χ3v) is 4.42. The average Bonchev–Trinajstić information content (AvgIpc) is 2.74. The van der Waals surface area contributed by atoms with Crippen LogP contribution in [-0.4, -0.2) is 13.2 Å². The minimum atomic E-state index is 0.568. The van der Waals surface area contributed by atoms with Crippen LogP contribution in [0.4, 0.5) is 0 Å². The Morgan fingerprint density at radius 3 is 2.22 bits per heavy atom. The van der Waals surface area contributed by atoms with Gasteiger partial charge in [-0.2, -0.15) is 0 Å². The lowest BCUT2D eigenvalue weighted by Gasteiger charge is -2.09. The summed E-state index contributed by atoms with van der Waals surface area (Å²) in [6.45, 7) is 2.70. The van der Waals surface area contributed by atoms with Gasteiger partial charge >= 0.3 is 0 Å². The van der Waals surface area contributed by atoms with Crippen LogP contribution in [0.3, 0.4) is 0 Å². The van der Waals surface area contributed by atoms with Crippen molar-refractivity contribution in [1.29, 1.82) is 0 Å². The van der Waals surface area contributed by atoms with Gasteiger partial charge in [0.2, 0.25) is 0 Å². The Morgan fingerprint density at radius 1 is 0.667 bits per heavy atom. The van der Waals surface area contributed by atoms with Crippen molar-refractivity contribution < 1.29 is 9.47 Å². The fraction of sp³-hybridized carbons (Fsp3) is 0.250. The Hall–Kier alpha value is -2.62. The van der Waals surface area contributed by atoms with Gasteiger partial charge in [-0.25, -0.2) is 0 Å². The molecule has 0 radical (unpaired) electrons. The van der Waals surface area contributed by atoms with Gasteiger partial charge in [0.05, 0.1) is 13.2 Å². The Morgan fingerprint density at radius 2 is 1.44 bits per heavy atom. The lowest BCUT2D eigenvalue weighted by atomic mass is 10.0. The molecule has 0 fully saturated rings. The summed E-state index contributed by atoms with van der Waals surface area (Å²) >= 11 is 0. The molecule has 3 heteroatoms. The summed E-state index contributed by atoms with van der Waals surface area (Å²) < 4.78 is 11.6. The monoisotopic (exact) mass is 361 g/mol. The first kappa shape index (κ1) is 19.2. The molecule has 0 aliphatic rings. The van der Waals surface area contributed by atoms with Gasteiger partial charge in [0.1, 0.15) is 5.75 Å². The van der Waals surface area contributed by atoms with E-state index in [9.17, 15) is 0 Å². The molecule has 0 saturated heterocycles. The van der Waals surface area contributed by atoms with E-state index >= 15 is 0 Å². The molecule has 0 unspecified atom stereocenters. The highest BCUT2D eigenvalue weighted by molar-refractivity contribution is 5.65. The third kappa shape index (κ3) is 6.24. The zero-order valence-electron chi connectivity index (χ0n) is 15.6. The summed E-state index contributed by atoms with van der Waals surface area (Å²) in [4.78, 5) is 0. The quantitative estimate of drug-likeness (QED) is 0.506. The SMILES string of the molecule is NCc1ccc(-c2cccc(OCCCCOCc3ccccc3)c2)cc1. The summed E-state index contributed by atoms with van der Waals surface area (Å²) in [5.74, 6) is 0.903. The first-order valence-electron chi connectivity index (χ1n) is 9.49. The highest BCUT2D eigenvalue weighted by atomic mass is 16.5. The minimum Gasteiger partial charge on any atom is -0.494 e. The molecular formula is C24H27NO2. The summed E-state index contributed by atoms with van der Waals surface area (Å²) in [5.41, 5.74) is 10.3. The number of ether oxygens (including phenoxy) is 2. The van der Waals surface area contributed by atoms with Crippen LogP contribution in [0.25, 0.3) is 11.1 Å². The second kappa shape index (κ2) is 10.5. The molecule has 0 amide bonds. The van der Waals surface area contributed by atoms with E-state index in [1.54, 1.807) is 0 Å². The summed E-state index contributed by atoms with van der Waals surface area (Å²) in [6.07, 6.45) is 1.97. The Balaban J connectivity index is 1.38. The normalized spacial score (nSPS) is 10.7. The lowest BCUT2D eigenvalue weighted by Crippen LogP contribution is -2.01. The van der Waals surface area contributed by atoms with Gasteiger partial charge in [-0.15, -0.1) is 0 Å². The van der Waals surface area contributed by atoms with Gasteiger partial charge in [0.15, 0.2) is 0 Å². The van der Waals surface area contributed by atoms with Gasteiger partial charge in [-0.1, -0.05) is 66.7 Å². The predicted molar refractivity (Wildman–Crippen MR) is 111 cm³/mol. The van der Waals surface area contributed by atoms with Crippen molar-refractivity contribution in [3.8, 4) is 16.9 Å². The fourth-order valence-corrected chi connectivity index (χ4v) is 2.86. The van der Waals surface area contributed by atoms with E-state index in [1.165, 1.54) is 11.1 Å². The molecule has 27 heavy (non-hydrogen) atoms. The van der Waals surface area contributed by atoms with Crippen LogP contribution in [0.1, 0.15) is 24.0 Å². The Kier molecular flexibility index (Phi) is 7.45. The first-order valence-corrected chi connectivity index (χ1v) is 9.49. The minimum absolute atomic E-state index is 0.568. The summed E-state index contributed by atoms with van der Waals surface area (Å²) in [5, 5.41) is 0. The molecule has 3 nitrogen and oxygen atoms in total. The molecule has 3 aromatic carbocycles. The van der Waals surface area contributed by atoms with Crippen LogP contribution < -0.4 is 10.5 Å². The summed E-state index contributed by atoms with van der Waals surface area (Å²) in [6, 6.07) is 26.8. The van der Waals surface area contributed by atoms with Gasteiger partial charge in [0, 0.05) is 13.2 Å². The van der Waals surface area contributed by atoms with Crippen molar-refractivity contribution in [2.24, 2.45) is 5.73 Å². The zero-order chi connectivity index (χ0) is 18.7. The van der Waals surface area contributed by atoms with Crippen LogP contribution in [-0.2, 0) is 17.9 Å². The molecule has 0 aliphatic heterocycles. The van der Waals surface area contributed by atoms with E-state index in [0.29, 0.717) is 19.8 Å². The van der Waals surface area contributed by atoms with Crippen molar-refractivity contribution in [3.63, 3.8) is 0 Å². The van der Waals surface area contributed by atoms with Crippen LogP contribution >= 0.6 is 0 Å². The van der Waals surface area contributed by atoms with E-state index in [1.807, 2.05) is 30.3 Å². The molecule has 0 aliphatic carbocycles. The molecule has 3 rings (SSSR count). The van der Waals surface area contributed by atoms with Gasteiger partial charge in [-0.05, 0) is 47.2 Å². The third-order valence-electron chi connectivity index (χ3n) is 4.42. The number of rotatable bonds is 10. The average molecular weight is 361 g/mol. The number of unbranched alkanes of at least 4 members (excludes halogenated alkanes) is 1. The zero-order valence-corrected chi connectivity index (χ0v) is 15.6. The number of hydrogen-bond donors (Lipinski definition) is 1. The fourth-order valence-electron chi connectivity index (χ4n) is 2.86. The maximum Gasteiger partial charge on any atom is 0.119 e. The number of benzene rings is 3. The van der Waals surface area contributed by atoms with E-state index in [2.05, 4.69) is 48.5 Å². The van der Waals surface area contributed by atoms with Crippen molar-refractivity contribution >= 4 is 0 Å². The van der Waals surface area contributed by atoms with Crippen molar-refractivity contribution in [3.05, 3.63) is 90.0 Å². The molecule has 2 N–H and O–H groups in total. The molecule has 0 heterocycles. The van der Waals surface area contributed by atoms with Crippen LogP contribution in [0.2, 0.25) is 0 Å². The maximum absolute atomic E-state index is 5.90. The molecule has 0 spiro atoms. The predicted octanol–water partition coefficient (Wildman–Crippen LogP) is 5.19. The van der Waals surface area contributed by atoms with E-state index < -0.39 is 0 Å². The molecule has 140 valence electrons. The van der Waals surface area contributed by atoms with Gasteiger partial charge in [-0.3, -0.25) is 0 Å². The van der Waals surface area contributed by atoms with Crippen molar-refractivity contribution in [2.45, 2.75) is 26.0 Å². The van der Waals surface area contributed by atoms with Crippen LogP contribution in [0.15, 0.2) is 78.9 Å². The van der Waals surface area contributed by atoms with Crippen molar-refractivity contribution in [2.75, 3.05) is 13.2 Å². The highest BCUT2D eigenvalue weighted by Gasteiger charge is 2.01. The van der Waals surface area contributed by atoms with Crippen molar-refractivity contribution in [1.82, 2.24) is 0 Å². The second-order valence-corrected chi connectivity index (χ2v) is 6.52. The molecular weight excluding hydrogens is 334 g/mol. The topological polar surface area (TPSA) is 44.5 Å². The highest BCUT2D eigenvalue weighted by Crippen LogP contribution is 2.24. The van der Waals surface area contributed by atoms with Crippen LogP contribution in [0, 0.1) is 0 Å². The van der Waals surface area contributed by atoms with Gasteiger partial charge < -0.3 is 15.2 Å². The molecule has 0 atom stereocenters. The number of hydrogen-bond acceptors (Lipinski definition) is 3. The smallest absolute Gasteiger partial charge is 0.119 e. The summed E-state index contributed by atoms with van der Waals surface area (Å²) in [7, 11) is 0. The standard InChI is InChI=1S/C24H27NO2/c25-18-20-11-13-22(14-12-20)23-9-6-10-24(17-23)27-16-5-4-15-26-19-21-7-2-1-3-8-21/h1-3,6-14,17H,4-5,15-16,18-19,25H2. The number of nitrogens with two attached hydrogens (primary N) is 1. The van der Waals surface area contributed by atoms with Crippen LogP contribution in [0.5, 0.6) is 5.75 Å². The van der Waals surface area contributed by atoms with E-state index in [0.717, 1.165) is 36.3 Å². The molecule has 3 aromatic rings. The lowest BCUT2D eigenvalue weighted by molar-refractivity contribution is 0.113. The van der Waals surface area contributed by atoms with Gasteiger partial charge in [0.25, 0.3) is 0 Å². The maximum atomic E-state index is 5.90. The van der Waals surface area contributed by atoms with E-state index in [4.69, 9.17) is 15.2 Å². The van der Waals surface area contributed by atoms with E-state index in [-0.39, 0.29) is 0 Å². The first-order chi connectivity index (χ1) is 13.3. The molecule has 0 bridgehead atoms. The largest absolute Gasteiger partial charge is 0.494 e. The Labute approximate surface area is 161 Å².